The molecule has 0 saturated heterocycles. The molecular formula is C8H13O. The Labute approximate surface area is 56.1 Å². The standard InChI is InChI=1S/C8H13O/c9-8-6-2-1-3-7(8)5-4-6/h1,6-9H,2-5H2. The fourth-order valence-corrected chi connectivity index (χ4v) is 2.19. The van der Waals surface area contributed by atoms with Crippen molar-refractivity contribution in [3.63, 3.8) is 0 Å². The highest BCUT2D eigenvalue weighted by Crippen LogP contribution is 2.41. The Morgan fingerprint density at radius 3 is 2.11 bits per heavy atom. The van der Waals surface area contributed by atoms with Crippen LogP contribution in [0.15, 0.2) is 0 Å². The van der Waals surface area contributed by atoms with E-state index in [1.807, 2.05) is 0 Å². The van der Waals surface area contributed by atoms with Gasteiger partial charge in [-0.2, -0.15) is 0 Å². The van der Waals surface area contributed by atoms with E-state index in [2.05, 4.69) is 6.42 Å². The summed E-state index contributed by atoms with van der Waals surface area (Å²) in [5.41, 5.74) is 0. The van der Waals surface area contributed by atoms with Gasteiger partial charge in [0.15, 0.2) is 0 Å². The van der Waals surface area contributed by atoms with Gasteiger partial charge < -0.3 is 5.11 Å². The molecule has 0 heterocycles. The van der Waals surface area contributed by atoms with Gasteiger partial charge in [-0.3, -0.25) is 0 Å². The highest BCUT2D eigenvalue weighted by molar-refractivity contribution is 4.95. The normalized spacial score (nSPS) is 49.7. The van der Waals surface area contributed by atoms with Crippen molar-refractivity contribution in [1.29, 1.82) is 0 Å². The van der Waals surface area contributed by atoms with Crippen LogP contribution < -0.4 is 0 Å². The van der Waals surface area contributed by atoms with Crippen molar-refractivity contribution in [1.82, 2.24) is 0 Å². The lowest BCUT2D eigenvalue weighted by Gasteiger charge is -2.24. The SMILES string of the molecule is OC1C2C[CH]CC1CC2. The third kappa shape index (κ3) is 0.787. The number of aliphatic hydroxyl groups is 1. The Balaban J connectivity index is 2.10. The number of rotatable bonds is 0. The molecule has 2 aliphatic carbocycles. The first-order valence-electron chi connectivity index (χ1n) is 3.87. The largest absolute Gasteiger partial charge is 0.393 e. The molecule has 2 atom stereocenters. The lowest BCUT2D eigenvalue weighted by atomic mass is 9.86. The van der Waals surface area contributed by atoms with Crippen molar-refractivity contribution >= 4 is 0 Å². The molecule has 1 N–H and O–H groups in total. The van der Waals surface area contributed by atoms with Gasteiger partial charge in [-0.05, 0) is 43.9 Å². The second-order valence-electron chi connectivity index (χ2n) is 3.35. The van der Waals surface area contributed by atoms with Crippen molar-refractivity contribution in [2.75, 3.05) is 0 Å². The first kappa shape index (κ1) is 5.72. The van der Waals surface area contributed by atoms with E-state index in [-0.39, 0.29) is 6.10 Å². The molecule has 1 nitrogen and oxygen atoms in total. The zero-order valence-corrected chi connectivity index (χ0v) is 5.59. The third-order valence-electron chi connectivity index (χ3n) is 2.81. The van der Waals surface area contributed by atoms with Crippen molar-refractivity contribution < 1.29 is 5.11 Å². The summed E-state index contributed by atoms with van der Waals surface area (Å²) in [5.74, 6) is 1.26. The van der Waals surface area contributed by atoms with Gasteiger partial charge in [0.1, 0.15) is 0 Å². The summed E-state index contributed by atoms with van der Waals surface area (Å²) in [4.78, 5) is 0. The highest BCUT2D eigenvalue weighted by Gasteiger charge is 2.37. The molecule has 2 unspecified atom stereocenters. The zero-order valence-electron chi connectivity index (χ0n) is 5.59. The van der Waals surface area contributed by atoms with Crippen LogP contribution in [0.5, 0.6) is 0 Å². The van der Waals surface area contributed by atoms with Crippen LogP contribution in [-0.2, 0) is 0 Å². The molecule has 2 rings (SSSR count). The molecule has 0 spiro atoms. The minimum absolute atomic E-state index is 0.0509. The monoisotopic (exact) mass is 125 g/mol. The van der Waals surface area contributed by atoms with Gasteiger partial charge in [-0.15, -0.1) is 0 Å². The molecule has 2 bridgehead atoms. The van der Waals surface area contributed by atoms with Crippen LogP contribution in [0.2, 0.25) is 0 Å². The minimum Gasteiger partial charge on any atom is -0.393 e. The van der Waals surface area contributed by atoms with Crippen LogP contribution in [-0.4, -0.2) is 11.2 Å². The second kappa shape index (κ2) is 1.98. The van der Waals surface area contributed by atoms with Crippen LogP contribution in [0.3, 0.4) is 0 Å². The summed E-state index contributed by atoms with van der Waals surface area (Å²) in [6.45, 7) is 0. The summed E-state index contributed by atoms with van der Waals surface area (Å²) < 4.78 is 0. The zero-order chi connectivity index (χ0) is 6.27. The third-order valence-corrected chi connectivity index (χ3v) is 2.81. The molecular weight excluding hydrogens is 112 g/mol. The minimum atomic E-state index is 0.0509. The van der Waals surface area contributed by atoms with Crippen LogP contribution in [0.25, 0.3) is 0 Å². The van der Waals surface area contributed by atoms with E-state index < -0.39 is 0 Å². The average molecular weight is 125 g/mol. The Bertz CT molecular complexity index is 95.1. The molecule has 0 aliphatic heterocycles. The number of hydrogen-bond donors (Lipinski definition) is 1. The van der Waals surface area contributed by atoms with E-state index in [1.165, 1.54) is 12.8 Å². The maximum atomic E-state index is 9.49. The summed E-state index contributed by atoms with van der Waals surface area (Å²) in [6.07, 6.45) is 7.25. The summed E-state index contributed by atoms with van der Waals surface area (Å²) >= 11 is 0. The molecule has 1 radical (unpaired) electrons. The topological polar surface area (TPSA) is 20.2 Å². The van der Waals surface area contributed by atoms with E-state index in [4.69, 9.17) is 0 Å². The van der Waals surface area contributed by atoms with Gasteiger partial charge in [0.2, 0.25) is 0 Å². The van der Waals surface area contributed by atoms with Crippen LogP contribution in [0.4, 0.5) is 0 Å². The highest BCUT2D eigenvalue weighted by atomic mass is 16.3. The van der Waals surface area contributed by atoms with Gasteiger partial charge >= 0.3 is 0 Å². The molecule has 2 saturated carbocycles. The number of aliphatic hydroxyl groups excluding tert-OH is 1. The first-order valence-corrected chi connectivity index (χ1v) is 3.87. The maximum absolute atomic E-state index is 9.49. The van der Waals surface area contributed by atoms with E-state index in [0.29, 0.717) is 11.8 Å². The van der Waals surface area contributed by atoms with E-state index >= 15 is 0 Å². The maximum Gasteiger partial charge on any atom is 0.0596 e. The fraction of sp³-hybridized carbons (Fsp3) is 0.875. The molecule has 9 heavy (non-hydrogen) atoms. The first-order chi connectivity index (χ1) is 4.38. The van der Waals surface area contributed by atoms with Crippen molar-refractivity contribution in [2.45, 2.75) is 31.8 Å². The predicted molar refractivity (Wildman–Crippen MR) is 35.8 cm³/mol. The van der Waals surface area contributed by atoms with Gasteiger partial charge in [0.05, 0.1) is 6.10 Å². The van der Waals surface area contributed by atoms with Gasteiger partial charge in [0.25, 0.3) is 0 Å². The lowest BCUT2D eigenvalue weighted by Crippen LogP contribution is -2.25. The molecule has 0 aromatic rings. The smallest absolute Gasteiger partial charge is 0.0596 e. The van der Waals surface area contributed by atoms with Crippen LogP contribution in [0.1, 0.15) is 25.7 Å². The average Bonchev–Trinajstić information content (AvgIpc) is 2.19. The fourth-order valence-electron chi connectivity index (χ4n) is 2.19. The lowest BCUT2D eigenvalue weighted by molar-refractivity contribution is 0.0748. The van der Waals surface area contributed by atoms with Crippen molar-refractivity contribution in [2.24, 2.45) is 11.8 Å². The van der Waals surface area contributed by atoms with Gasteiger partial charge in [-0.1, -0.05) is 0 Å². The quantitative estimate of drug-likeness (QED) is 0.518. The van der Waals surface area contributed by atoms with Crippen LogP contribution >= 0.6 is 0 Å². The summed E-state index contributed by atoms with van der Waals surface area (Å²) in [5, 5.41) is 9.49. The summed E-state index contributed by atoms with van der Waals surface area (Å²) in [7, 11) is 0. The Hall–Kier alpha value is -0.0400. The van der Waals surface area contributed by atoms with Crippen molar-refractivity contribution in [3.05, 3.63) is 6.42 Å². The van der Waals surface area contributed by atoms with Crippen molar-refractivity contribution in [3.8, 4) is 0 Å². The molecule has 2 aliphatic rings. The number of hydrogen-bond acceptors (Lipinski definition) is 1. The Morgan fingerprint density at radius 1 is 1.11 bits per heavy atom. The Kier molecular flexibility index (Phi) is 1.26. The molecule has 51 valence electrons. The summed E-state index contributed by atoms with van der Waals surface area (Å²) in [6, 6.07) is 0. The molecule has 2 fully saturated rings. The second-order valence-corrected chi connectivity index (χ2v) is 3.35. The number of fused-ring (bicyclic) bond motifs is 2. The van der Waals surface area contributed by atoms with Gasteiger partial charge in [-0.25, -0.2) is 0 Å². The van der Waals surface area contributed by atoms with E-state index in [1.54, 1.807) is 0 Å². The predicted octanol–water partition coefficient (Wildman–Crippen LogP) is 1.37. The molecule has 0 aromatic carbocycles. The van der Waals surface area contributed by atoms with E-state index in [9.17, 15) is 5.11 Å². The van der Waals surface area contributed by atoms with Crippen LogP contribution in [0, 0.1) is 18.3 Å². The van der Waals surface area contributed by atoms with Gasteiger partial charge in [0, 0.05) is 0 Å². The Morgan fingerprint density at radius 2 is 1.67 bits per heavy atom. The van der Waals surface area contributed by atoms with E-state index in [0.717, 1.165) is 12.8 Å². The molecule has 1 heteroatoms. The molecule has 0 aromatic heterocycles. The molecule has 0 amide bonds.